The average Bonchev–Trinajstić information content (AvgIpc) is 2.29. The summed E-state index contributed by atoms with van der Waals surface area (Å²) in [6, 6.07) is 3.77. The van der Waals surface area contributed by atoms with E-state index in [9.17, 15) is 17.6 Å². The average molecular weight is 295 g/mol. The first-order valence-electron chi connectivity index (χ1n) is 6.09. The summed E-state index contributed by atoms with van der Waals surface area (Å²) in [7, 11) is 0. The number of halogens is 4. The molecule has 0 amide bonds. The first-order chi connectivity index (χ1) is 9.28. The smallest absolute Gasteiger partial charge is 0.411 e. The maximum atomic E-state index is 13.1. The van der Waals surface area contributed by atoms with Crippen LogP contribution >= 0.6 is 0 Å². The van der Waals surface area contributed by atoms with Gasteiger partial charge in [0.15, 0.2) is 0 Å². The van der Waals surface area contributed by atoms with Gasteiger partial charge in [-0.2, -0.15) is 13.2 Å². The van der Waals surface area contributed by atoms with Crippen molar-refractivity contribution in [3.63, 3.8) is 0 Å². The molecule has 1 aromatic carbocycles. The molecule has 114 valence electrons. The van der Waals surface area contributed by atoms with E-state index in [1.807, 2.05) is 0 Å². The summed E-state index contributed by atoms with van der Waals surface area (Å²) in [5, 5.41) is 0. The zero-order chi connectivity index (χ0) is 15.2. The van der Waals surface area contributed by atoms with Gasteiger partial charge in [-0.15, -0.1) is 0 Å². The fourth-order valence-electron chi connectivity index (χ4n) is 1.59. The lowest BCUT2D eigenvalue weighted by atomic mass is 10.1. The summed E-state index contributed by atoms with van der Waals surface area (Å²) in [4.78, 5) is 0. The predicted molar refractivity (Wildman–Crippen MR) is 66.1 cm³/mol. The monoisotopic (exact) mass is 295 g/mol. The topological polar surface area (TPSA) is 44.5 Å². The summed E-state index contributed by atoms with van der Waals surface area (Å²) < 4.78 is 58.3. The number of alkyl halides is 3. The molecule has 7 heteroatoms. The van der Waals surface area contributed by atoms with Crippen molar-refractivity contribution in [3.05, 3.63) is 29.6 Å². The highest BCUT2D eigenvalue weighted by Crippen LogP contribution is 2.21. The van der Waals surface area contributed by atoms with Crippen molar-refractivity contribution < 1.29 is 27.0 Å². The molecule has 0 fully saturated rings. The highest BCUT2D eigenvalue weighted by atomic mass is 19.4. The van der Waals surface area contributed by atoms with E-state index in [2.05, 4.69) is 4.74 Å². The lowest BCUT2D eigenvalue weighted by Crippen LogP contribution is -2.20. The maximum Gasteiger partial charge on any atom is 0.411 e. The fraction of sp³-hybridized carbons (Fsp3) is 0.538. The standard InChI is InChI=1S/C13H17F4NO2/c1-9(18)6-10-7-11(14)2-3-12(10)20-5-4-19-8-13(15,16)17/h2-3,7,9H,4-6,8,18H2,1H3. The minimum absolute atomic E-state index is 0.0480. The van der Waals surface area contributed by atoms with Gasteiger partial charge in [0.25, 0.3) is 0 Å². The third kappa shape index (κ3) is 6.72. The Morgan fingerprint density at radius 2 is 1.95 bits per heavy atom. The van der Waals surface area contributed by atoms with Gasteiger partial charge in [0, 0.05) is 6.04 Å². The third-order valence-electron chi connectivity index (χ3n) is 2.32. The Kier molecular flexibility index (Phi) is 6.22. The summed E-state index contributed by atoms with van der Waals surface area (Å²) >= 11 is 0. The Balaban J connectivity index is 2.47. The number of hydrogen-bond acceptors (Lipinski definition) is 3. The number of ether oxygens (including phenoxy) is 2. The van der Waals surface area contributed by atoms with Gasteiger partial charge in [0.1, 0.15) is 24.8 Å². The molecule has 2 N–H and O–H groups in total. The Bertz CT molecular complexity index is 421. The Hall–Kier alpha value is -1.34. The van der Waals surface area contributed by atoms with E-state index >= 15 is 0 Å². The highest BCUT2D eigenvalue weighted by molar-refractivity contribution is 5.34. The Morgan fingerprint density at radius 3 is 2.55 bits per heavy atom. The molecule has 0 heterocycles. The molecule has 1 aromatic rings. The molecule has 0 aliphatic carbocycles. The number of nitrogens with two attached hydrogens (primary N) is 1. The number of benzene rings is 1. The van der Waals surface area contributed by atoms with Crippen molar-refractivity contribution in [2.24, 2.45) is 5.73 Å². The van der Waals surface area contributed by atoms with E-state index in [1.165, 1.54) is 18.2 Å². The van der Waals surface area contributed by atoms with E-state index in [0.717, 1.165) is 0 Å². The first-order valence-corrected chi connectivity index (χ1v) is 6.09. The van der Waals surface area contributed by atoms with Crippen LogP contribution in [0.15, 0.2) is 18.2 Å². The van der Waals surface area contributed by atoms with Gasteiger partial charge in [-0.05, 0) is 37.1 Å². The quantitative estimate of drug-likeness (QED) is 0.621. The number of rotatable bonds is 7. The Morgan fingerprint density at radius 1 is 1.25 bits per heavy atom. The van der Waals surface area contributed by atoms with Crippen molar-refractivity contribution in [2.45, 2.75) is 25.6 Å². The van der Waals surface area contributed by atoms with E-state index in [-0.39, 0.29) is 19.3 Å². The molecule has 0 bridgehead atoms. The molecule has 0 saturated carbocycles. The van der Waals surface area contributed by atoms with Gasteiger partial charge >= 0.3 is 6.18 Å². The van der Waals surface area contributed by atoms with Crippen LogP contribution in [0.3, 0.4) is 0 Å². The molecular formula is C13H17F4NO2. The van der Waals surface area contributed by atoms with E-state index in [4.69, 9.17) is 10.5 Å². The van der Waals surface area contributed by atoms with Gasteiger partial charge < -0.3 is 15.2 Å². The molecule has 1 unspecified atom stereocenters. The van der Waals surface area contributed by atoms with Crippen molar-refractivity contribution >= 4 is 0 Å². The van der Waals surface area contributed by atoms with E-state index < -0.39 is 18.6 Å². The summed E-state index contributed by atoms with van der Waals surface area (Å²) in [5.41, 5.74) is 6.22. The molecular weight excluding hydrogens is 278 g/mol. The van der Waals surface area contributed by atoms with Gasteiger partial charge in [-0.25, -0.2) is 4.39 Å². The van der Waals surface area contributed by atoms with Crippen LogP contribution in [0.2, 0.25) is 0 Å². The molecule has 0 radical (unpaired) electrons. The highest BCUT2D eigenvalue weighted by Gasteiger charge is 2.27. The molecule has 0 aromatic heterocycles. The lowest BCUT2D eigenvalue weighted by molar-refractivity contribution is -0.175. The second-order valence-electron chi connectivity index (χ2n) is 4.45. The van der Waals surface area contributed by atoms with Crippen LogP contribution in [0.25, 0.3) is 0 Å². The fourth-order valence-corrected chi connectivity index (χ4v) is 1.59. The second-order valence-corrected chi connectivity index (χ2v) is 4.45. The minimum Gasteiger partial charge on any atom is -0.491 e. The van der Waals surface area contributed by atoms with E-state index in [0.29, 0.717) is 17.7 Å². The van der Waals surface area contributed by atoms with Crippen LogP contribution in [-0.2, 0) is 11.2 Å². The van der Waals surface area contributed by atoms with Gasteiger partial charge in [-0.3, -0.25) is 0 Å². The Labute approximate surface area is 114 Å². The molecule has 0 aliphatic rings. The van der Waals surface area contributed by atoms with E-state index in [1.54, 1.807) is 6.92 Å². The van der Waals surface area contributed by atoms with Crippen LogP contribution in [0.1, 0.15) is 12.5 Å². The summed E-state index contributed by atoms with van der Waals surface area (Å²) in [5.74, 6) is -0.0133. The molecule has 0 spiro atoms. The normalized spacial score (nSPS) is 13.3. The van der Waals surface area contributed by atoms with Gasteiger partial charge in [0.05, 0.1) is 6.61 Å². The van der Waals surface area contributed by atoms with Crippen LogP contribution < -0.4 is 10.5 Å². The number of hydrogen-bond donors (Lipinski definition) is 1. The molecule has 1 rings (SSSR count). The predicted octanol–water partition coefficient (Wildman–Crippen LogP) is 2.67. The third-order valence-corrected chi connectivity index (χ3v) is 2.32. The van der Waals surface area contributed by atoms with Crippen molar-refractivity contribution in [3.8, 4) is 5.75 Å². The van der Waals surface area contributed by atoms with Crippen LogP contribution in [0.5, 0.6) is 5.75 Å². The molecule has 3 nitrogen and oxygen atoms in total. The van der Waals surface area contributed by atoms with Crippen LogP contribution in [0, 0.1) is 5.82 Å². The van der Waals surface area contributed by atoms with Crippen LogP contribution in [0.4, 0.5) is 17.6 Å². The largest absolute Gasteiger partial charge is 0.491 e. The molecule has 0 aliphatic heterocycles. The molecule has 1 atom stereocenters. The minimum atomic E-state index is -4.35. The van der Waals surface area contributed by atoms with Crippen molar-refractivity contribution in [2.75, 3.05) is 19.8 Å². The summed E-state index contributed by atoms with van der Waals surface area (Å²) in [6.45, 7) is 0.204. The maximum absolute atomic E-state index is 13.1. The van der Waals surface area contributed by atoms with Crippen molar-refractivity contribution in [1.29, 1.82) is 0 Å². The zero-order valence-corrected chi connectivity index (χ0v) is 11.0. The second kappa shape index (κ2) is 7.44. The SMILES string of the molecule is CC(N)Cc1cc(F)ccc1OCCOCC(F)(F)F. The molecule has 20 heavy (non-hydrogen) atoms. The van der Waals surface area contributed by atoms with Crippen LogP contribution in [-0.4, -0.2) is 32.0 Å². The lowest BCUT2D eigenvalue weighted by Gasteiger charge is -2.14. The molecule has 0 saturated heterocycles. The summed E-state index contributed by atoms with van der Waals surface area (Å²) in [6.07, 6.45) is -3.94. The zero-order valence-electron chi connectivity index (χ0n) is 11.0. The van der Waals surface area contributed by atoms with Gasteiger partial charge in [-0.1, -0.05) is 0 Å². The van der Waals surface area contributed by atoms with Gasteiger partial charge in [0.2, 0.25) is 0 Å². The first kappa shape index (κ1) is 16.7. The van der Waals surface area contributed by atoms with Crippen molar-refractivity contribution in [1.82, 2.24) is 0 Å².